The van der Waals surface area contributed by atoms with Gasteiger partial charge < -0.3 is 5.73 Å². The minimum Gasteiger partial charge on any atom is -0.320 e. The van der Waals surface area contributed by atoms with Crippen molar-refractivity contribution in [1.82, 2.24) is 9.78 Å². The number of nitrogens with two attached hydrogens (primary N) is 1. The monoisotopic (exact) mass is 221 g/mol. The lowest BCUT2D eigenvalue weighted by Crippen LogP contribution is -2.39. The van der Waals surface area contributed by atoms with Crippen LogP contribution >= 0.6 is 0 Å². The van der Waals surface area contributed by atoms with Crippen molar-refractivity contribution in [2.45, 2.75) is 39.0 Å². The van der Waals surface area contributed by atoms with E-state index in [1.807, 2.05) is 6.92 Å². The number of halogens is 3. The van der Waals surface area contributed by atoms with Gasteiger partial charge in [-0.2, -0.15) is 18.3 Å². The second kappa shape index (κ2) is 4.22. The van der Waals surface area contributed by atoms with E-state index in [0.29, 0.717) is 17.9 Å². The summed E-state index contributed by atoms with van der Waals surface area (Å²) in [6, 6.07) is -0.186. The topological polar surface area (TPSA) is 43.8 Å². The van der Waals surface area contributed by atoms with E-state index in [4.69, 9.17) is 5.73 Å². The van der Waals surface area contributed by atoms with Crippen LogP contribution in [-0.2, 0) is 13.0 Å². The maximum Gasteiger partial charge on any atom is 0.404 e. The van der Waals surface area contributed by atoms with Crippen molar-refractivity contribution in [2.24, 2.45) is 5.73 Å². The standard InChI is InChI=1S/C9H14F3N3/c1-3-15-7(4-6(2)14-15)5-8(13)9(10,11)12/h4,8H,3,5,13H2,1-2H3. The Morgan fingerprint density at radius 2 is 2.13 bits per heavy atom. The Hall–Kier alpha value is -1.04. The summed E-state index contributed by atoms with van der Waals surface area (Å²) in [6.45, 7) is 4.12. The fourth-order valence-corrected chi connectivity index (χ4v) is 1.38. The Labute approximate surface area is 86.1 Å². The fraction of sp³-hybridized carbons (Fsp3) is 0.667. The van der Waals surface area contributed by atoms with Crippen LogP contribution in [0.4, 0.5) is 13.2 Å². The van der Waals surface area contributed by atoms with Gasteiger partial charge in [0.2, 0.25) is 0 Å². The summed E-state index contributed by atoms with van der Waals surface area (Å²) < 4.78 is 38.2. The lowest BCUT2D eigenvalue weighted by molar-refractivity contribution is -0.147. The SMILES string of the molecule is CCn1nc(C)cc1CC(N)C(F)(F)F. The van der Waals surface area contributed by atoms with Gasteiger partial charge in [-0.1, -0.05) is 0 Å². The largest absolute Gasteiger partial charge is 0.404 e. The molecular weight excluding hydrogens is 207 g/mol. The number of alkyl halides is 3. The highest BCUT2D eigenvalue weighted by Crippen LogP contribution is 2.21. The normalized spacial score (nSPS) is 14.3. The summed E-state index contributed by atoms with van der Waals surface area (Å²) >= 11 is 0. The molecule has 1 rings (SSSR count). The molecule has 3 nitrogen and oxygen atoms in total. The van der Waals surface area contributed by atoms with Gasteiger partial charge in [0.25, 0.3) is 0 Å². The molecule has 0 saturated heterocycles. The summed E-state index contributed by atoms with van der Waals surface area (Å²) in [5.41, 5.74) is 6.29. The lowest BCUT2D eigenvalue weighted by Gasteiger charge is -2.15. The molecule has 86 valence electrons. The zero-order valence-electron chi connectivity index (χ0n) is 8.67. The number of nitrogens with zero attached hydrogens (tertiary/aromatic N) is 2. The molecule has 0 aliphatic rings. The molecule has 2 N–H and O–H groups in total. The van der Waals surface area contributed by atoms with Crippen LogP contribution in [0.5, 0.6) is 0 Å². The first-order chi connectivity index (χ1) is 6.84. The molecule has 1 aromatic rings. The van der Waals surface area contributed by atoms with Gasteiger partial charge in [0.1, 0.15) is 6.04 Å². The summed E-state index contributed by atoms with van der Waals surface area (Å²) in [5, 5.41) is 4.06. The number of hydrogen-bond acceptors (Lipinski definition) is 2. The smallest absolute Gasteiger partial charge is 0.320 e. The summed E-state index contributed by atoms with van der Waals surface area (Å²) in [7, 11) is 0. The molecule has 0 saturated carbocycles. The summed E-state index contributed by atoms with van der Waals surface area (Å²) in [6.07, 6.45) is -4.57. The van der Waals surface area contributed by atoms with Gasteiger partial charge in [-0.15, -0.1) is 0 Å². The molecule has 0 spiro atoms. The van der Waals surface area contributed by atoms with E-state index in [1.54, 1.807) is 17.7 Å². The van der Waals surface area contributed by atoms with Crippen molar-refractivity contribution in [2.75, 3.05) is 0 Å². The van der Waals surface area contributed by atoms with Crippen molar-refractivity contribution in [3.63, 3.8) is 0 Å². The predicted molar refractivity (Wildman–Crippen MR) is 50.4 cm³/mol. The molecule has 1 atom stereocenters. The van der Waals surface area contributed by atoms with Crippen LogP contribution in [0, 0.1) is 6.92 Å². The molecule has 0 bridgehead atoms. The number of aryl methyl sites for hydroxylation is 2. The third kappa shape index (κ3) is 2.95. The lowest BCUT2D eigenvalue weighted by atomic mass is 10.1. The molecule has 0 radical (unpaired) electrons. The minimum absolute atomic E-state index is 0.224. The Morgan fingerprint density at radius 3 is 2.60 bits per heavy atom. The maximum atomic E-state index is 12.2. The third-order valence-electron chi connectivity index (χ3n) is 2.13. The quantitative estimate of drug-likeness (QED) is 0.843. The zero-order valence-corrected chi connectivity index (χ0v) is 8.67. The molecule has 0 amide bonds. The van der Waals surface area contributed by atoms with Crippen LogP contribution < -0.4 is 5.73 Å². The van der Waals surface area contributed by atoms with E-state index >= 15 is 0 Å². The number of rotatable bonds is 3. The molecule has 0 aromatic carbocycles. The first-order valence-electron chi connectivity index (χ1n) is 4.70. The van der Waals surface area contributed by atoms with E-state index < -0.39 is 12.2 Å². The van der Waals surface area contributed by atoms with Gasteiger partial charge in [0.15, 0.2) is 0 Å². The van der Waals surface area contributed by atoms with Crippen molar-refractivity contribution in [1.29, 1.82) is 0 Å². The molecule has 1 unspecified atom stereocenters. The molecule has 0 aliphatic heterocycles. The molecule has 6 heteroatoms. The van der Waals surface area contributed by atoms with E-state index in [1.165, 1.54) is 0 Å². The molecule has 15 heavy (non-hydrogen) atoms. The van der Waals surface area contributed by atoms with Crippen molar-refractivity contribution < 1.29 is 13.2 Å². The minimum atomic E-state index is -4.35. The van der Waals surface area contributed by atoms with Crippen LogP contribution in [-0.4, -0.2) is 22.0 Å². The van der Waals surface area contributed by atoms with E-state index in [9.17, 15) is 13.2 Å². The van der Waals surface area contributed by atoms with E-state index in [0.717, 1.165) is 0 Å². The Balaban J connectivity index is 2.80. The second-order valence-corrected chi connectivity index (χ2v) is 3.45. The molecular formula is C9H14F3N3. The molecule has 0 aliphatic carbocycles. The average molecular weight is 221 g/mol. The molecule has 1 aromatic heterocycles. The number of hydrogen-bond donors (Lipinski definition) is 1. The molecule has 0 fully saturated rings. The van der Waals surface area contributed by atoms with Gasteiger partial charge in [-0.3, -0.25) is 4.68 Å². The van der Waals surface area contributed by atoms with Crippen molar-refractivity contribution in [3.05, 3.63) is 17.5 Å². The van der Waals surface area contributed by atoms with Crippen LogP contribution in [0.3, 0.4) is 0 Å². The fourth-order valence-electron chi connectivity index (χ4n) is 1.38. The second-order valence-electron chi connectivity index (χ2n) is 3.45. The highest BCUT2D eigenvalue weighted by molar-refractivity contribution is 5.10. The third-order valence-corrected chi connectivity index (χ3v) is 2.13. The Morgan fingerprint density at radius 1 is 1.53 bits per heavy atom. The summed E-state index contributed by atoms with van der Waals surface area (Å²) in [5.74, 6) is 0. The summed E-state index contributed by atoms with van der Waals surface area (Å²) in [4.78, 5) is 0. The Bertz CT molecular complexity index is 330. The van der Waals surface area contributed by atoms with Crippen LogP contribution in [0.1, 0.15) is 18.3 Å². The van der Waals surface area contributed by atoms with Gasteiger partial charge in [0.05, 0.1) is 5.69 Å². The van der Waals surface area contributed by atoms with E-state index in [-0.39, 0.29) is 6.42 Å². The van der Waals surface area contributed by atoms with Gasteiger partial charge in [0, 0.05) is 18.7 Å². The van der Waals surface area contributed by atoms with Crippen molar-refractivity contribution in [3.8, 4) is 0 Å². The van der Waals surface area contributed by atoms with E-state index in [2.05, 4.69) is 5.10 Å². The first kappa shape index (κ1) is 12.0. The van der Waals surface area contributed by atoms with Gasteiger partial charge in [-0.05, 0) is 19.9 Å². The van der Waals surface area contributed by atoms with Crippen LogP contribution in [0.15, 0.2) is 6.07 Å². The van der Waals surface area contributed by atoms with Gasteiger partial charge in [-0.25, -0.2) is 0 Å². The Kier molecular flexibility index (Phi) is 3.38. The average Bonchev–Trinajstić information content (AvgIpc) is 2.44. The van der Waals surface area contributed by atoms with Crippen LogP contribution in [0.25, 0.3) is 0 Å². The van der Waals surface area contributed by atoms with Gasteiger partial charge >= 0.3 is 6.18 Å². The predicted octanol–water partition coefficient (Wildman–Crippen LogP) is 1.64. The maximum absolute atomic E-state index is 12.2. The van der Waals surface area contributed by atoms with Crippen molar-refractivity contribution >= 4 is 0 Å². The highest BCUT2D eigenvalue weighted by atomic mass is 19.4. The molecule has 1 heterocycles. The number of aromatic nitrogens is 2. The highest BCUT2D eigenvalue weighted by Gasteiger charge is 2.37. The zero-order chi connectivity index (χ0) is 11.6. The first-order valence-corrected chi connectivity index (χ1v) is 4.70. The van der Waals surface area contributed by atoms with Crippen LogP contribution in [0.2, 0.25) is 0 Å².